The number of methoxy groups -OCH3 is 1. The molecule has 7 nitrogen and oxygen atoms in total. The molecule has 2 amide bonds. The summed E-state index contributed by atoms with van der Waals surface area (Å²) < 4.78 is 27.7. The Kier molecular flexibility index (Phi) is 6.53. The van der Waals surface area contributed by atoms with Crippen LogP contribution in [0.5, 0.6) is 0 Å². The highest BCUT2D eigenvalue weighted by Gasteiger charge is 2.23. The average molecular weight is 254 g/mol. The second-order valence-corrected chi connectivity index (χ2v) is 2.92. The first-order valence-electron chi connectivity index (χ1n) is 4.49. The fraction of sp³-hybridized carbons (Fsp3) is 0.625. The number of alkyl halides is 2. The Hall–Kier alpha value is -1.93. The molecule has 3 N–H and O–H groups in total. The normalized spacial score (nSPS) is 11.8. The molecule has 0 bridgehead atoms. The summed E-state index contributed by atoms with van der Waals surface area (Å²) in [4.78, 5) is 32.4. The first kappa shape index (κ1) is 15.1. The van der Waals surface area contributed by atoms with Crippen molar-refractivity contribution in [1.82, 2.24) is 10.6 Å². The quantitative estimate of drug-likeness (QED) is 0.558. The van der Waals surface area contributed by atoms with Crippen molar-refractivity contribution in [3.63, 3.8) is 0 Å². The summed E-state index contributed by atoms with van der Waals surface area (Å²) in [5, 5.41) is 12.2. The minimum Gasteiger partial charge on any atom is -0.480 e. The lowest BCUT2D eigenvalue weighted by molar-refractivity contribution is -0.147. The Morgan fingerprint density at radius 2 is 1.94 bits per heavy atom. The predicted octanol–water partition coefficient (Wildman–Crippen LogP) is -0.433. The number of rotatable bonds is 6. The molecule has 17 heavy (non-hydrogen) atoms. The summed E-state index contributed by atoms with van der Waals surface area (Å²) >= 11 is 0. The van der Waals surface area contributed by atoms with E-state index >= 15 is 0 Å². The lowest BCUT2D eigenvalue weighted by atomic mass is 10.2. The number of carboxylic acid groups (broad SMARTS) is 1. The minimum absolute atomic E-state index is 0.589. The summed E-state index contributed by atoms with van der Waals surface area (Å²) in [5.74, 6) is -2.31. The van der Waals surface area contributed by atoms with Crippen LogP contribution < -0.4 is 10.6 Å². The number of carboxylic acids is 1. The van der Waals surface area contributed by atoms with Crippen molar-refractivity contribution >= 4 is 18.0 Å². The van der Waals surface area contributed by atoms with Crippen molar-refractivity contribution in [2.24, 2.45) is 0 Å². The Labute approximate surface area is 95.1 Å². The van der Waals surface area contributed by atoms with Gasteiger partial charge >= 0.3 is 18.0 Å². The van der Waals surface area contributed by atoms with Crippen molar-refractivity contribution in [3.8, 4) is 0 Å². The van der Waals surface area contributed by atoms with Gasteiger partial charge in [-0.05, 0) is 0 Å². The maximum atomic E-state index is 11.7. The molecule has 9 heteroatoms. The first-order chi connectivity index (χ1) is 7.86. The molecular formula is C8H12F2N2O5. The molecule has 0 saturated carbocycles. The van der Waals surface area contributed by atoms with Gasteiger partial charge in [0.1, 0.15) is 6.04 Å². The van der Waals surface area contributed by atoms with Crippen LogP contribution in [0.25, 0.3) is 0 Å². The number of esters is 1. The molecule has 0 spiro atoms. The zero-order valence-electron chi connectivity index (χ0n) is 8.91. The number of carbonyl (C=O) groups is 3. The standard InChI is InChI=1S/C8H12F2N2O5/c1-17-6(13)2-4(7(14)15)12-8(16)11-3-5(9)10/h4-5H,2-3H2,1H3,(H,14,15)(H2,11,12,16)/t4-/m0/s1. The highest BCUT2D eigenvalue weighted by molar-refractivity contribution is 5.86. The van der Waals surface area contributed by atoms with Gasteiger partial charge in [-0.2, -0.15) is 0 Å². The third kappa shape index (κ3) is 7.03. The van der Waals surface area contributed by atoms with E-state index < -0.39 is 43.4 Å². The molecule has 0 fully saturated rings. The third-order valence-electron chi connectivity index (χ3n) is 1.62. The molecule has 0 aromatic carbocycles. The lowest BCUT2D eigenvalue weighted by Gasteiger charge is -2.13. The molecule has 0 saturated heterocycles. The number of hydrogen-bond acceptors (Lipinski definition) is 4. The molecule has 0 aliphatic heterocycles. The molecule has 0 aliphatic rings. The molecule has 0 aliphatic carbocycles. The summed E-state index contributed by atoms with van der Waals surface area (Å²) in [6.45, 7) is -0.906. The first-order valence-corrected chi connectivity index (χ1v) is 4.49. The molecule has 0 heterocycles. The Morgan fingerprint density at radius 1 is 1.35 bits per heavy atom. The van der Waals surface area contributed by atoms with Gasteiger partial charge in [-0.1, -0.05) is 0 Å². The van der Waals surface area contributed by atoms with E-state index in [9.17, 15) is 23.2 Å². The average Bonchev–Trinajstić information content (AvgIpc) is 2.25. The second kappa shape index (κ2) is 7.36. The highest BCUT2D eigenvalue weighted by atomic mass is 19.3. The maximum Gasteiger partial charge on any atom is 0.326 e. The van der Waals surface area contributed by atoms with Crippen LogP contribution in [-0.2, 0) is 14.3 Å². The van der Waals surface area contributed by atoms with E-state index in [1.807, 2.05) is 5.32 Å². The van der Waals surface area contributed by atoms with E-state index in [1.165, 1.54) is 0 Å². The molecule has 1 atom stereocenters. The van der Waals surface area contributed by atoms with Crippen molar-refractivity contribution in [3.05, 3.63) is 0 Å². The van der Waals surface area contributed by atoms with Gasteiger partial charge in [0.2, 0.25) is 0 Å². The van der Waals surface area contributed by atoms with Crippen molar-refractivity contribution in [2.45, 2.75) is 18.9 Å². The van der Waals surface area contributed by atoms with Gasteiger partial charge in [-0.25, -0.2) is 18.4 Å². The smallest absolute Gasteiger partial charge is 0.326 e. The SMILES string of the molecule is COC(=O)C[C@H](NC(=O)NCC(F)F)C(=O)O. The number of ether oxygens (including phenoxy) is 1. The summed E-state index contributed by atoms with van der Waals surface area (Å²) in [6, 6.07) is -2.62. The number of carbonyl (C=O) groups excluding carboxylic acids is 2. The maximum absolute atomic E-state index is 11.7. The summed E-state index contributed by atoms with van der Waals surface area (Å²) in [5.41, 5.74) is 0. The van der Waals surface area contributed by atoms with Crippen LogP contribution in [0, 0.1) is 0 Å². The van der Waals surface area contributed by atoms with Gasteiger partial charge in [-0.15, -0.1) is 0 Å². The van der Waals surface area contributed by atoms with Crippen molar-refractivity contribution < 1.29 is 33.0 Å². The fourth-order valence-electron chi connectivity index (χ4n) is 0.829. The molecule has 0 aromatic rings. The van der Waals surface area contributed by atoms with Gasteiger partial charge in [0.25, 0.3) is 6.43 Å². The number of urea groups is 1. The molecule has 0 unspecified atom stereocenters. The monoisotopic (exact) mass is 254 g/mol. The van der Waals surface area contributed by atoms with Crippen LogP contribution in [0.15, 0.2) is 0 Å². The van der Waals surface area contributed by atoms with E-state index in [1.54, 1.807) is 5.32 Å². The zero-order valence-corrected chi connectivity index (χ0v) is 8.91. The lowest BCUT2D eigenvalue weighted by Crippen LogP contribution is -2.48. The van der Waals surface area contributed by atoms with Crippen LogP contribution in [0.4, 0.5) is 13.6 Å². The molecule has 0 radical (unpaired) electrons. The van der Waals surface area contributed by atoms with Gasteiger partial charge in [0.15, 0.2) is 0 Å². The highest BCUT2D eigenvalue weighted by Crippen LogP contribution is 1.95. The number of nitrogens with one attached hydrogen (secondary N) is 2. The van der Waals surface area contributed by atoms with Crippen LogP contribution in [0.1, 0.15) is 6.42 Å². The van der Waals surface area contributed by atoms with Gasteiger partial charge in [0.05, 0.1) is 20.1 Å². The summed E-state index contributed by atoms with van der Waals surface area (Å²) in [7, 11) is 1.05. The topological polar surface area (TPSA) is 105 Å². The Morgan fingerprint density at radius 3 is 2.35 bits per heavy atom. The van der Waals surface area contributed by atoms with Crippen molar-refractivity contribution in [1.29, 1.82) is 0 Å². The van der Waals surface area contributed by atoms with E-state index in [-0.39, 0.29) is 0 Å². The summed E-state index contributed by atoms with van der Waals surface area (Å²) in [6.07, 6.45) is -3.34. The van der Waals surface area contributed by atoms with E-state index in [4.69, 9.17) is 5.11 Å². The molecule has 0 aromatic heterocycles. The number of aliphatic carboxylic acids is 1. The van der Waals surface area contributed by atoms with Crippen LogP contribution in [0.2, 0.25) is 0 Å². The fourth-order valence-corrected chi connectivity index (χ4v) is 0.829. The number of halogens is 2. The van der Waals surface area contributed by atoms with E-state index in [0.29, 0.717) is 0 Å². The van der Waals surface area contributed by atoms with Crippen LogP contribution in [-0.4, -0.2) is 49.2 Å². The zero-order chi connectivity index (χ0) is 13.4. The van der Waals surface area contributed by atoms with Gasteiger partial charge in [-0.3, -0.25) is 4.79 Å². The molecular weight excluding hydrogens is 242 g/mol. The Bertz CT molecular complexity index is 298. The molecule has 0 rings (SSSR count). The van der Waals surface area contributed by atoms with Gasteiger partial charge in [0, 0.05) is 0 Å². The number of hydrogen-bond donors (Lipinski definition) is 3. The second-order valence-electron chi connectivity index (χ2n) is 2.92. The van der Waals surface area contributed by atoms with Crippen molar-refractivity contribution in [2.75, 3.05) is 13.7 Å². The predicted molar refractivity (Wildman–Crippen MR) is 50.6 cm³/mol. The third-order valence-corrected chi connectivity index (χ3v) is 1.62. The van der Waals surface area contributed by atoms with E-state index in [0.717, 1.165) is 7.11 Å². The number of amides is 2. The minimum atomic E-state index is -2.75. The largest absolute Gasteiger partial charge is 0.480 e. The van der Waals surface area contributed by atoms with Gasteiger partial charge < -0.3 is 20.5 Å². The molecule has 98 valence electrons. The van der Waals surface area contributed by atoms with Crippen LogP contribution in [0.3, 0.4) is 0 Å². The Balaban J connectivity index is 4.20. The van der Waals surface area contributed by atoms with Crippen LogP contribution >= 0.6 is 0 Å². The van der Waals surface area contributed by atoms with E-state index in [2.05, 4.69) is 4.74 Å².